The van der Waals surface area contributed by atoms with Gasteiger partial charge in [0.05, 0.1) is 12.6 Å². The molecule has 0 spiro atoms. The molecule has 5 aromatic carbocycles. The van der Waals surface area contributed by atoms with E-state index in [4.69, 9.17) is 0 Å². The summed E-state index contributed by atoms with van der Waals surface area (Å²) in [5.41, 5.74) is 1.95. The standard InChI is InChI=1S/C37H36N2O5/c1-5-7-20(8-6-2)38-34(41)26-13-9-22-24-11-15-28-33-29(37(44)39(36(28)43)21(18-40)17-19(3)4)16-12-25(31(24)33)23-10-14-27(35(38)42)32(26)30(22)23/h9-16,19-21,40H,5-8,17-18H2,1-4H3. The molecular formula is C37H36N2O5. The molecule has 1 atom stereocenters. The van der Waals surface area contributed by atoms with Crippen LogP contribution in [0.5, 0.6) is 0 Å². The van der Waals surface area contributed by atoms with Crippen LogP contribution in [0.2, 0.25) is 0 Å². The molecule has 5 aromatic rings. The molecular weight excluding hydrogens is 552 g/mol. The molecule has 224 valence electrons. The molecule has 44 heavy (non-hydrogen) atoms. The Hall–Kier alpha value is -4.36. The van der Waals surface area contributed by atoms with Gasteiger partial charge in [-0.1, -0.05) is 64.8 Å². The lowest BCUT2D eigenvalue weighted by Gasteiger charge is -2.35. The number of carbonyl (C=O) groups is 4. The van der Waals surface area contributed by atoms with Crippen LogP contribution in [0.4, 0.5) is 0 Å². The second kappa shape index (κ2) is 10.4. The van der Waals surface area contributed by atoms with Gasteiger partial charge in [0.2, 0.25) is 0 Å². The number of amides is 4. The molecule has 2 aliphatic rings. The highest BCUT2D eigenvalue weighted by Crippen LogP contribution is 2.46. The first-order valence-electron chi connectivity index (χ1n) is 15.8. The first-order valence-corrected chi connectivity index (χ1v) is 15.8. The first kappa shape index (κ1) is 28.4. The number of carbonyl (C=O) groups excluding carboxylic acids is 4. The van der Waals surface area contributed by atoms with Gasteiger partial charge in [0, 0.05) is 39.1 Å². The van der Waals surface area contributed by atoms with Crippen LogP contribution in [0.1, 0.15) is 101 Å². The Morgan fingerprint density at radius 1 is 0.545 bits per heavy atom. The van der Waals surface area contributed by atoms with Crippen LogP contribution in [0.3, 0.4) is 0 Å². The molecule has 1 N–H and O–H groups in total. The van der Waals surface area contributed by atoms with Gasteiger partial charge in [-0.15, -0.1) is 0 Å². The molecule has 2 heterocycles. The first-order chi connectivity index (χ1) is 21.2. The Kier molecular flexibility index (Phi) is 6.70. The van der Waals surface area contributed by atoms with Crippen molar-refractivity contribution in [3.8, 4) is 0 Å². The molecule has 7 rings (SSSR count). The van der Waals surface area contributed by atoms with Crippen LogP contribution in [0.25, 0.3) is 43.1 Å². The smallest absolute Gasteiger partial charge is 0.261 e. The van der Waals surface area contributed by atoms with Crippen molar-refractivity contribution in [2.24, 2.45) is 5.92 Å². The van der Waals surface area contributed by atoms with Gasteiger partial charge >= 0.3 is 0 Å². The number of nitrogens with zero attached hydrogens (tertiary/aromatic N) is 2. The van der Waals surface area contributed by atoms with Gasteiger partial charge in [0.1, 0.15) is 0 Å². The van der Waals surface area contributed by atoms with Crippen molar-refractivity contribution in [3.05, 3.63) is 70.8 Å². The van der Waals surface area contributed by atoms with Gasteiger partial charge in [0.15, 0.2) is 0 Å². The number of aliphatic hydroxyl groups is 1. The van der Waals surface area contributed by atoms with E-state index < -0.39 is 17.9 Å². The molecule has 0 radical (unpaired) electrons. The summed E-state index contributed by atoms with van der Waals surface area (Å²) in [5, 5.41) is 16.6. The molecule has 0 saturated carbocycles. The maximum absolute atomic E-state index is 14.0. The van der Waals surface area contributed by atoms with Gasteiger partial charge in [-0.2, -0.15) is 0 Å². The number of imide groups is 2. The normalized spacial score (nSPS) is 15.9. The van der Waals surface area contributed by atoms with Crippen LogP contribution < -0.4 is 0 Å². The zero-order valence-corrected chi connectivity index (χ0v) is 25.6. The fourth-order valence-corrected chi connectivity index (χ4v) is 7.84. The Bertz CT molecular complexity index is 1790. The summed E-state index contributed by atoms with van der Waals surface area (Å²) in [4.78, 5) is 58.4. The number of fused-ring (bicyclic) bond motifs is 2. The predicted molar refractivity (Wildman–Crippen MR) is 173 cm³/mol. The third kappa shape index (κ3) is 3.78. The third-order valence-corrected chi connectivity index (χ3v) is 9.63. The highest BCUT2D eigenvalue weighted by Gasteiger charge is 2.40. The molecule has 2 aliphatic heterocycles. The third-order valence-electron chi connectivity index (χ3n) is 9.63. The van der Waals surface area contributed by atoms with Gasteiger partial charge in [0.25, 0.3) is 23.6 Å². The highest BCUT2D eigenvalue weighted by atomic mass is 16.3. The molecule has 7 nitrogen and oxygen atoms in total. The monoisotopic (exact) mass is 588 g/mol. The maximum atomic E-state index is 14.0. The van der Waals surface area contributed by atoms with Crippen LogP contribution in [0, 0.1) is 5.92 Å². The fraction of sp³-hybridized carbons (Fsp3) is 0.351. The fourth-order valence-electron chi connectivity index (χ4n) is 7.84. The molecule has 0 aliphatic carbocycles. The molecule has 7 heteroatoms. The zero-order chi connectivity index (χ0) is 31.0. The number of rotatable bonds is 9. The van der Waals surface area contributed by atoms with Gasteiger partial charge in [-0.3, -0.25) is 29.0 Å². The number of aliphatic hydroxyl groups excluding tert-OH is 1. The Morgan fingerprint density at radius 2 is 0.886 bits per heavy atom. The Morgan fingerprint density at radius 3 is 1.18 bits per heavy atom. The summed E-state index contributed by atoms with van der Waals surface area (Å²) < 4.78 is 0. The molecule has 0 saturated heterocycles. The van der Waals surface area contributed by atoms with Crippen molar-refractivity contribution < 1.29 is 24.3 Å². The quantitative estimate of drug-likeness (QED) is 0.111. The van der Waals surface area contributed by atoms with E-state index in [-0.39, 0.29) is 30.4 Å². The number of benzene rings is 5. The predicted octanol–water partition coefficient (Wildman–Crippen LogP) is 7.31. The second-order valence-corrected chi connectivity index (χ2v) is 12.8. The highest BCUT2D eigenvalue weighted by molar-refractivity contribution is 6.41. The average molecular weight is 589 g/mol. The molecule has 4 amide bonds. The van der Waals surface area contributed by atoms with E-state index in [1.54, 1.807) is 12.1 Å². The van der Waals surface area contributed by atoms with Crippen molar-refractivity contribution in [1.82, 2.24) is 9.80 Å². The summed E-state index contributed by atoms with van der Waals surface area (Å²) in [6, 6.07) is 14.2. The lowest BCUT2D eigenvalue weighted by Crippen LogP contribution is -2.49. The molecule has 0 fully saturated rings. The van der Waals surface area contributed by atoms with E-state index in [2.05, 4.69) is 13.8 Å². The van der Waals surface area contributed by atoms with Crippen molar-refractivity contribution >= 4 is 66.7 Å². The maximum Gasteiger partial charge on any atom is 0.261 e. The van der Waals surface area contributed by atoms with Crippen molar-refractivity contribution in [1.29, 1.82) is 0 Å². The Balaban J connectivity index is 1.48. The van der Waals surface area contributed by atoms with Crippen molar-refractivity contribution in [2.45, 2.75) is 71.9 Å². The van der Waals surface area contributed by atoms with E-state index >= 15 is 0 Å². The minimum absolute atomic E-state index is 0.141. The second-order valence-electron chi connectivity index (χ2n) is 12.8. The van der Waals surface area contributed by atoms with Crippen molar-refractivity contribution in [3.63, 3.8) is 0 Å². The lowest BCUT2D eigenvalue weighted by molar-refractivity contribution is 0.0442. The van der Waals surface area contributed by atoms with E-state index in [1.807, 2.05) is 50.2 Å². The van der Waals surface area contributed by atoms with Gasteiger partial charge < -0.3 is 5.11 Å². The summed E-state index contributed by atoms with van der Waals surface area (Å²) in [6.07, 6.45) is 3.81. The van der Waals surface area contributed by atoms with Crippen LogP contribution in [-0.2, 0) is 0 Å². The summed E-state index contributed by atoms with van der Waals surface area (Å²) in [7, 11) is 0. The minimum atomic E-state index is -0.605. The summed E-state index contributed by atoms with van der Waals surface area (Å²) in [6.45, 7) is 7.86. The van der Waals surface area contributed by atoms with E-state index in [0.717, 1.165) is 58.0 Å². The lowest BCUT2D eigenvalue weighted by atomic mass is 9.81. The number of hydrogen-bond donors (Lipinski definition) is 1. The minimum Gasteiger partial charge on any atom is -0.394 e. The average Bonchev–Trinajstić information content (AvgIpc) is 3.01. The van der Waals surface area contributed by atoms with E-state index in [1.165, 1.54) is 9.80 Å². The van der Waals surface area contributed by atoms with E-state index in [0.29, 0.717) is 39.4 Å². The number of hydrogen-bond acceptors (Lipinski definition) is 5. The summed E-state index contributed by atoms with van der Waals surface area (Å²) >= 11 is 0. The Labute approximate surface area is 255 Å². The van der Waals surface area contributed by atoms with Crippen LogP contribution in [-0.4, -0.2) is 57.2 Å². The van der Waals surface area contributed by atoms with Gasteiger partial charge in [-0.25, -0.2) is 0 Å². The van der Waals surface area contributed by atoms with Crippen LogP contribution in [0.15, 0.2) is 48.5 Å². The largest absolute Gasteiger partial charge is 0.394 e. The van der Waals surface area contributed by atoms with Crippen molar-refractivity contribution in [2.75, 3.05) is 6.61 Å². The SMILES string of the molecule is CCCC(CCC)N1C(=O)c2ccc3c4ccc5c6c(ccc(c7ccc(c2c37)C1=O)c64)C(=O)N(C(CO)CC(C)C)C5=O. The molecule has 1 unspecified atom stereocenters. The van der Waals surface area contributed by atoms with Crippen LogP contribution >= 0.6 is 0 Å². The topological polar surface area (TPSA) is 95.0 Å². The summed E-state index contributed by atoms with van der Waals surface area (Å²) in [5.74, 6) is -1.09. The zero-order valence-electron chi connectivity index (χ0n) is 25.6. The molecule has 0 aromatic heterocycles. The van der Waals surface area contributed by atoms with E-state index in [9.17, 15) is 24.3 Å². The van der Waals surface area contributed by atoms with Gasteiger partial charge in [-0.05, 0) is 81.8 Å². The molecule has 0 bridgehead atoms.